The van der Waals surface area contributed by atoms with Gasteiger partial charge in [0.25, 0.3) is 0 Å². The highest BCUT2D eigenvalue weighted by atomic mass is 35.5. The predicted octanol–water partition coefficient (Wildman–Crippen LogP) is 1.15. The van der Waals surface area contributed by atoms with Gasteiger partial charge in [-0.1, -0.05) is 12.1 Å². The maximum atomic E-state index is 12.3. The molecule has 1 saturated heterocycles. The molecule has 7 nitrogen and oxygen atoms in total. The van der Waals surface area contributed by atoms with Crippen LogP contribution in [0.5, 0.6) is 0 Å². The van der Waals surface area contributed by atoms with Gasteiger partial charge < -0.3 is 19.9 Å². The van der Waals surface area contributed by atoms with Gasteiger partial charge in [0.15, 0.2) is 0 Å². The van der Waals surface area contributed by atoms with Crippen LogP contribution < -0.4 is 11.0 Å². The first kappa shape index (κ1) is 19.5. The average molecular weight is 369 g/mol. The van der Waals surface area contributed by atoms with E-state index >= 15 is 0 Å². The lowest BCUT2D eigenvalue weighted by molar-refractivity contribution is -0.131. The summed E-state index contributed by atoms with van der Waals surface area (Å²) in [6, 6.07) is 7.87. The third-order valence-electron chi connectivity index (χ3n) is 4.57. The zero-order valence-corrected chi connectivity index (χ0v) is 15.2. The number of hydrogen-bond acceptors (Lipinski definition) is 4. The van der Waals surface area contributed by atoms with Gasteiger partial charge in [-0.2, -0.15) is 0 Å². The van der Waals surface area contributed by atoms with Crippen LogP contribution in [-0.4, -0.2) is 60.3 Å². The standard InChI is InChI=1S/C17H24N4O3.ClH/c1-24-11-8-18-12-16(22)20-9-6-13(7-10-20)21-15-5-3-2-4-14(15)19-17(21)23;/h2-5,13,18H,6-12H2,1H3,(H,19,23);1H. The van der Waals surface area contributed by atoms with Crippen LogP contribution >= 0.6 is 12.4 Å². The molecule has 0 bridgehead atoms. The van der Waals surface area contributed by atoms with Crippen LogP contribution in [0.15, 0.2) is 29.1 Å². The summed E-state index contributed by atoms with van der Waals surface area (Å²) >= 11 is 0. The quantitative estimate of drug-likeness (QED) is 0.750. The second-order valence-corrected chi connectivity index (χ2v) is 6.10. The number of para-hydroxylation sites is 2. The summed E-state index contributed by atoms with van der Waals surface area (Å²) in [5.74, 6) is 0.107. The number of imidazole rings is 1. The molecule has 1 fully saturated rings. The molecule has 1 aliphatic rings. The summed E-state index contributed by atoms with van der Waals surface area (Å²) in [4.78, 5) is 29.2. The van der Waals surface area contributed by atoms with Crippen LogP contribution in [0, 0.1) is 0 Å². The van der Waals surface area contributed by atoms with E-state index in [1.807, 2.05) is 33.7 Å². The zero-order valence-electron chi connectivity index (χ0n) is 14.4. The first-order valence-corrected chi connectivity index (χ1v) is 8.37. The molecule has 1 aromatic carbocycles. The van der Waals surface area contributed by atoms with E-state index in [0.717, 1.165) is 23.9 Å². The number of H-pyrrole nitrogens is 1. The number of carbonyl (C=O) groups is 1. The highest BCUT2D eigenvalue weighted by Crippen LogP contribution is 2.24. The number of nitrogens with zero attached hydrogens (tertiary/aromatic N) is 2. The van der Waals surface area contributed by atoms with Crippen molar-refractivity contribution in [3.8, 4) is 0 Å². The first-order valence-electron chi connectivity index (χ1n) is 8.37. The average Bonchev–Trinajstić information content (AvgIpc) is 2.94. The summed E-state index contributed by atoms with van der Waals surface area (Å²) < 4.78 is 6.79. The van der Waals surface area contributed by atoms with E-state index in [1.54, 1.807) is 7.11 Å². The Kier molecular flexibility index (Phi) is 7.04. The molecule has 1 aliphatic heterocycles. The van der Waals surface area contributed by atoms with E-state index in [9.17, 15) is 9.59 Å². The Hall–Kier alpha value is -1.83. The summed E-state index contributed by atoms with van der Waals surface area (Å²) in [6.45, 7) is 2.96. The minimum atomic E-state index is -0.0674. The third kappa shape index (κ3) is 4.42. The van der Waals surface area contributed by atoms with Crippen molar-refractivity contribution in [2.75, 3.05) is 39.9 Å². The molecule has 2 aromatic rings. The van der Waals surface area contributed by atoms with Crippen molar-refractivity contribution in [1.82, 2.24) is 19.8 Å². The molecular formula is C17H25ClN4O3. The maximum Gasteiger partial charge on any atom is 0.326 e. The van der Waals surface area contributed by atoms with E-state index in [1.165, 1.54) is 0 Å². The second-order valence-electron chi connectivity index (χ2n) is 6.10. The highest BCUT2D eigenvalue weighted by molar-refractivity contribution is 5.85. The van der Waals surface area contributed by atoms with Crippen LogP contribution in [0.2, 0.25) is 0 Å². The smallest absolute Gasteiger partial charge is 0.326 e. The minimum absolute atomic E-state index is 0. The number of hydrogen-bond donors (Lipinski definition) is 2. The van der Waals surface area contributed by atoms with Crippen molar-refractivity contribution in [3.63, 3.8) is 0 Å². The molecule has 0 radical (unpaired) electrons. The van der Waals surface area contributed by atoms with Crippen molar-refractivity contribution in [1.29, 1.82) is 0 Å². The molecule has 25 heavy (non-hydrogen) atoms. The summed E-state index contributed by atoms with van der Waals surface area (Å²) in [7, 11) is 1.64. The van der Waals surface area contributed by atoms with Gasteiger partial charge in [-0.25, -0.2) is 4.79 Å². The SMILES string of the molecule is COCCNCC(=O)N1CCC(n2c(=O)[nH]c3ccccc32)CC1.Cl. The lowest BCUT2D eigenvalue weighted by atomic mass is 10.0. The fraction of sp³-hybridized carbons (Fsp3) is 0.529. The number of halogens is 1. The number of aromatic amines is 1. The predicted molar refractivity (Wildman–Crippen MR) is 99.4 cm³/mol. The van der Waals surface area contributed by atoms with Crippen LogP contribution in [0.25, 0.3) is 11.0 Å². The van der Waals surface area contributed by atoms with Crippen molar-refractivity contribution in [3.05, 3.63) is 34.7 Å². The molecule has 0 saturated carbocycles. The van der Waals surface area contributed by atoms with E-state index in [0.29, 0.717) is 32.8 Å². The van der Waals surface area contributed by atoms with Crippen LogP contribution in [-0.2, 0) is 9.53 Å². The van der Waals surface area contributed by atoms with Gasteiger partial charge in [0.1, 0.15) is 0 Å². The maximum absolute atomic E-state index is 12.3. The van der Waals surface area contributed by atoms with Gasteiger partial charge in [0.2, 0.25) is 5.91 Å². The molecular weight excluding hydrogens is 344 g/mol. The largest absolute Gasteiger partial charge is 0.383 e. The van der Waals surface area contributed by atoms with E-state index in [4.69, 9.17) is 4.74 Å². The Morgan fingerprint density at radius 3 is 2.76 bits per heavy atom. The number of amides is 1. The van der Waals surface area contributed by atoms with Gasteiger partial charge in [0, 0.05) is 32.8 Å². The van der Waals surface area contributed by atoms with Crippen molar-refractivity contribution in [2.24, 2.45) is 0 Å². The number of rotatable bonds is 6. The van der Waals surface area contributed by atoms with Crippen molar-refractivity contribution < 1.29 is 9.53 Å². The summed E-state index contributed by atoms with van der Waals surface area (Å²) in [5, 5.41) is 3.08. The molecule has 138 valence electrons. The Morgan fingerprint density at radius 1 is 1.32 bits per heavy atom. The molecule has 2 N–H and O–H groups in total. The topological polar surface area (TPSA) is 79.4 Å². The summed E-state index contributed by atoms with van der Waals surface area (Å²) in [5.41, 5.74) is 1.74. The van der Waals surface area contributed by atoms with Crippen LogP contribution in [0.4, 0.5) is 0 Å². The Balaban J connectivity index is 0.00000225. The van der Waals surface area contributed by atoms with Crippen molar-refractivity contribution >= 4 is 29.3 Å². The molecule has 0 unspecified atom stereocenters. The monoisotopic (exact) mass is 368 g/mol. The van der Waals surface area contributed by atoms with Gasteiger partial charge in [-0.15, -0.1) is 12.4 Å². The van der Waals surface area contributed by atoms with Crippen LogP contribution in [0.3, 0.4) is 0 Å². The lowest BCUT2D eigenvalue weighted by Gasteiger charge is -2.32. The number of benzene rings is 1. The fourth-order valence-corrected chi connectivity index (χ4v) is 3.29. The Labute approximate surface area is 152 Å². The number of piperidine rings is 1. The highest BCUT2D eigenvalue weighted by Gasteiger charge is 2.25. The first-order chi connectivity index (χ1) is 11.7. The number of carbonyl (C=O) groups excluding carboxylic acids is 1. The molecule has 0 aliphatic carbocycles. The van der Waals surface area contributed by atoms with E-state index in [-0.39, 0.29) is 30.0 Å². The molecule has 1 amide bonds. The molecule has 0 spiro atoms. The third-order valence-corrected chi connectivity index (χ3v) is 4.57. The number of ether oxygens (including phenoxy) is 1. The van der Waals surface area contributed by atoms with Gasteiger partial charge in [-0.05, 0) is 25.0 Å². The Morgan fingerprint density at radius 2 is 2.04 bits per heavy atom. The number of methoxy groups -OCH3 is 1. The molecule has 2 heterocycles. The number of likely N-dealkylation sites (tertiary alicyclic amines) is 1. The number of nitrogens with one attached hydrogen (secondary N) is 2. The van der Waals surface area contributed by atoms with Crippen molar-refractivity contribution in [2.45, 2.75) is 18.9 Å². The van der Waals surface area contributed by atoms with E-state index in [2.05, 4.69) is 10.3 Å². The minimum Gasteiger partial charge on any atom is -0.383 e. The summed E-state index contributed by atoms with van der Waals surface area (Å²) in [6.07, 6.45) is 1.59. The second kappa shape index (κ2) is 9.03. The molecule has 0 atom stereocenters. The zero-order chi connectivity index (χ0) is 16.9. The molecule has 1 aromatic heterocycles. The van der Waals surface area contributed by atoms with Gasteiger partial charge in [0.05, 0.1) is 24.2 Å². The number of fused-ring (bicyclic) bond motifs is 1. The molecule has 8 heteroatoms. The van der Waals surface area contributed by atoms with Crippen LogP contribution in [0.1, 0.15) is 18.9 Å². The number of aromatic nitrogens is 2. The van der Waals surface area contributed by atoms with Gasteiger partial charge >= 0.3 is 5.69 Å². The normalized spacial score (nSPS) is 15.3. The Bertz CT molecular complexity index is 750. The molecule has 3 rings (SSSR count). The van der Waals surface area contributed by atoms with Gasteiger partial charge in [-0.3, -0.25) is 9.36 Å². The fourth-order valence-electron chi connectivity index (χ4n) is 3.29. The lowest BCUT2D eigenvalue weighted by Crippen LogP contribution is -2.44. The van der Waals surface area contributed by atoms with E-state index < -0.39 is 0 Å².